The number of hydrogen-bond donors (Lipinski definition) is 0. The van der Waals surface area contributed by atoms with Gasteiger partial charge in [0.15, 0.2) is 5.69 Å². The second-order valence-corrected chi connectivity index (χ2v) is 14.9. The van der Waals surface area contributed by atoms with Crippen LogP contribution in [-0.4, -0.2) is 4.57 Å². The van der Waals surface area contributed by atoms with Gasteiger partial charge in [0.05, 0.1) is 17.6 Å². The second kappa shape index (κ2) is 14.1. The van der Waals surface area contributed by atoms with Gasteiger partial charge in [-0.1, -0.05) is 115 Å². The zero-order chi connectivity index (χ0) is 39.3. The maximum atomic E-state index is 7.44. The summed E-state index contributed by atoms with van der Waals surface area (Å²) < 4.78 is 2.45. The molecule has 0 spiro atoms. The first kappa shape index (κ1) is 34.1. The third-order valence-corrected chi connectivity index (χ3v) is 11.4. The molecule has 0 aliphatic rings. The number of anilines is 6. The van der Waals surface area contributed by atoms with Crippen LogP contribution in [-0.2, 0) is 0 Å². The zero-order valence-electron chi connectivity index (χ0n) is 32.1. The average Bonchev–Trinajstić information content (AvgIpc) is 3.64. The summed E-state index contributed by atoms with van der Waals surface area (Å²) in [5, 5.41) is 7.31. The van der Waals surface area contributed by atoms with Crippen LogP contribution in [0.4, 0.5) is 39.8 Å². The Kier molecular flexibility index (Phi) is 8.17. The molecule has 1 heterocycles. The Morgan fingerprint density at radius 3 is 1.39 bits per heavy atom. The number of aromatic nitrogens is 1. The molecular weight excluding hydrogens is 717 g/mol. The highest BCUT2D eigenvalue weighted by molar-refractivity contribution is 6.26. The first-order chi connectivity index (χ1) is 29.2. The van der Waals surface area contributed by atoms with E-state index in [0.717, 1.165) is 45.2 Å². The highest BCUT2D eigenvalue weighted by Crippen LogP contribution is 2.45. The lowest BCUT2D eigenvalue weighted by Crippen LogP contribution is -2.10. The van der Waals surface area contributed by atoms with E-state index in [2.05, 4.69) is 207 Å². The minimum Gasteiger partial charge on any atom is -0.311 e. The predicted octanol–water partition coefficient (Wildman–Crippen LogP) is 15.7. The molecule has 0 atom stereocenters. The van der Waals surface area contributed by atoms with Crippen LogP contribution in [0.5, 0.6) is 0 Å². The van der Waals surface area contributed by atoms with E-state index in [0.29, 0.717) is 5.69 Å². The highest BCUT2D eigenvalue weighted by Gasteiger charge is 2.22. The van der Waals surface area contributed by atoms with Crippen LogP contribution in [0.2, 0.25) is 0 Å². The van der Waals surface area contributed by atoms with Crippen molar-refractivity contribution in [2.24, 2.45) is 0 Å². The Balaban J connectivity index is 1.06. The molecular formula is C55H36N4. The van der Waals surface area contributed by atoms with Gasteiger partial charge in [0.2, 0.25) is 0 Å². The van der Waals surface area contributed by atoms with Crippen molar-refractivity contribution in [2.45, 2.75) is 0 Å². The minimum absolute atomic E-state index is 0.628. The van der Waals surface area contributed by atoms with Crippen LogP contribution < -0.4 is 9.80 Å². The Bertz CT molecular complexity index is 3270. The van der Waals surface area contributed by atoms with E-state index < -0.39 is 0 Å². The van der Waals surface area contributed by atoms with Gasteiger partial charge in [-0.05, 0) is 136 Å². The number of para-hydroxylation sites is 4. The molecule has 10 aromatic carbocycles. The molecule has 4 heteroatoms. The van der Waals surface area contributed by atoms with E-state index in [4.69, 9.17) is 6.57 Å². The summed E-state index contributed by atoms with van der Waals surface area (Å²) in [4.78, 5) is 8.20. The van der Waals surface area contributed by atoms with Crippen molar-refractivity contribution in [3.8, 4) is 16.8 Å². The minimum atomic E-state index is 0.628. The summed E-state index contributed by atoms with van der Waals surface area (Å²) in [6, 6.07) is 77.7. The standard InChI is InChI=1S/C55H36N4/c1-56-44-27-30-49(31-28-44)57(45-14-6-2-7-15-45)50-29-26-38-32-39(22-23-40(38)34-50)43-33-41-24-25-42-35-51(58(46-16-8-3-9-17-46)47-18-10-4-11-19-47)37-53-55(42)54(41)52(36-43)59(53)48-20-12-5-13-21-48/h2-37H. The van der Waals surface area contributed by atoms with Gasteiger partial charge < -0.3 is 14.4 Å². The lowest BCUT2D eigenvalue weighted by molar-refractivity contribution is 1.18. The molecule has 59 heavy (non-hydrogen) atoms. The quantitative estimate of drug-likeness (QED) is 0.113. The normalized spacial score (nSPS) is 11.4. The van der Waals surface area contributed by atoms with Crippen molar-refractivity contribution in [1.29, 1.82) is 0 Å². The Morgan fingerprint density at radius 1 is 0.339 bits per heavy atom. The number of hydrogen-bond acceptors (Lipinski definition) is 2. The van der Waals surface area contributed by atoms with Crippen molar-refractivity contribution in [1.82, 2.24) is 4.57 Å². The number of fused-ring (bicyclic) bond motifs is 1. The van der Waals surface area contributed by atoms with Gasteiger partial charge in [-0.3, -0.25) is 0 Å². The van der Waals surface area contributed by atoms with Crippen molar-refractivity contribution < 1.29 is 0 Å². The largest absolute Gasteiger partial charge is 0.311 e. The molecule has 0 amide bonds. The maximum Gasteiger partial charge on any atom is 0.187 e. The Morgan fingerprint density at radius 2 is 0.780 bits per heavy atom. The van der Waals surface area contributed by atoms with Crippen LogP contribution in [0, 0.1) is 6.57 Å². The van der Waals surface area contributed by atoms with Gasteiger partial charge in [-0.25, -0.2) is 4.85 Å². The highest BCUT2D eigenvalue weighted by atomic mass is 15.1. The second-order valence-electron chi connectivity index (χ2n) is 14.9. The molecule has 0 bridgehead atoms. The van der Waals surface area contributed by atoms with Gasteiger partial charge in [0, 0.05) is 50.6 Å². The third kappa shape index (κ3) is 5.93. The van der Waals surface area contributed by atoms with Gasteiger partial charge in [0.25, 0.3) is 0 Å². The van der Waals surface area contributed by atoms with Crippen LogP contribution in [0.15, 0.2) is 218 Å². The predicted molar refractivity (Wildman–Crippen MR) is 248 cm³/mol. The van der Waals surface area contributed by atoms with Crippen molar-refractivity contribution >= 4 is 83.2 Å². The number of nitrogens with zero attached hydrogens (tertiary/aromatic N) is 4. The van der Waals surface area contributed by atoms with Crippen LogP contribution >= 0.6 is 0 Å². The van der Waals surface area contributed by atoms with E-state index in [9.17, 15) is 0 Å². The third-order valence-electron chi connectivity index (χ3n) is 11.4. The van der Waals surface area contributed by atoms with Crippen LogP contribution in [0.25, 0.3) is 65.0 Å². The molecule has 0 aliphatic heterocycles. The van der Waals surface area contributed by atoms with E-state index in [-0.39, 0.29) is 0 Å². The summed E-state index contributed by atoms with van der Waals surface area (Å²) in [6.07, 6.45) is 0. The first-order valence-electron chi connectivity index (χ1n) is 19.9. The number of rotatable bonds is 8. The molecule has 276 valence electrons. The van der Waals surface area contributed by atoms with Gasteiger partial charge in [-0.15, -0.1) is 0 Å². The fourth-order valence-electron chi connectivity index (χ4n) is 8.76. The number of benzene rings is 10. The summed E-state index contributed by atoms with van der Waals surface area (Å²) in [5.41, 5.74) is 12.9. The SMILES string of the molecule is [C-]#[N+]c1ccc(N(c2ccccc2)c2ccc3cc(-c4cc5ccc6cc(N(c7ccccc7)c7ccccc7)cc7c6c5c(c4)n7-c4ccccc4)ccc3c2)cc1. The molecule has 0 N–H and O–H groups in total. The molecule has 0 radical (unpaired) electrons. The van der Waals surface area contributed by atoms with Gasteiger partial charge in [0.1, 0.15) is 0 Å². The average molecular weight is 753 g/mol. The van der Waals surface area contributed by atoms with Crippen LogP contribution in [0.1, 0.15) is 0 Å². The lowest BCUT2D eigenvalue weighted by Gasteiger charge is -2.26. The van der Waals surface area contributed by atoms with Gasteiger partial charge >= 0.3 is 0 Å². The van der Waals surface area contributed by atoms with Crippen molar-refractivity contribution in [2.75, 3.05) is 9.80 Å². The maximum absolute atomic E-state index is 7.44. The zero-order valence-corrected chi connectivity index (χ0v) is 32.1. The molecule has 1 aromatic heterocycles. The Labute approximate surface area is 342 Å². The van der Waals surface area contributed by atoms with E-state index in [1.807, 2.05) is 30.3 Å². The molecule has 11 rings (SSSR count). The van der Waals surface area contributed by atoms with E-state index in [1.54, 1.807) is 0 Å². The summed E-state index contributed by atoms with van der Waals surface area (Å²) in [6.45, 7) is 7.44. The molecule has 0 unspecified atom stereocenters. The van der Waals surface area contributed by atoms with E-state index in [1.165, 1.54) is 49.1 Å². The van der Waals surface area contributed by atoms with E-state index >= 15 is 0 Å². The first-order valence-corrected chi connectivity index (χ1v) is 19.9. The molecule has 11 aromatic rings. The van der Waals surface area contributed by atoms with Crippen molar-refractivity contribution in [3.05, 3.63) is 230 Å². The van der Waals surface area contributed by atoms with Crippen LogP contribution in [0.3, 0.4) is 0 Å². The summed E-state index contributed by atoms with van der Waals surface area (Å²) in [7, 11) is 0. The monoisotopic (exact) mass is 752 g/mol. The Hall–Kier alpha value is -8.13. The smallest absolute Gasteiger partial charge is 0.187 e. The molecule has 4 nitrogen and oxygen atoms in total. The summed E-state index contributed by atoms with van der Waals surface area (Å²) >= 11 is 0. The fourth-order valence-corrected chi connectivity index (χ4v) is 8.76. The molecule has 0 saturated carbocycles. The lowest BCUT2D eigenvalue weighted by atomic mass is 9.95. The molecule has 0 fully saturated rings. The van der Waals surface area contributed by atoms with Crippen molar-refractivity contribution in [3.63, 3.8) is 0 Å². The van der Waals surface area contributed by atoms with Gasteiger partial charge in [-0.2, -0.15) is 0 Å². The molecule has 0 saturated heterocycles. The topological polar surface area (TPSA) is 15.8 Å². The fraction of sp³-hybridized carbons (Fsp3) is 0. The summed E-state index contributed by atoms with van der Waals surface area (Å²) in [5.74, 6) is 0. The molecule has 0 aliphatic carbocycles.